The smallest absolute Gasteiger partial charge is 0.273 e. The molecule has 0 bridgehead atoms. The van der Waals surface area contributed by atoms with Crippen molar-refractivity contribution in [1.82, 2.24) is 15.2 Å². The normalized spacial score (nSPS) is 10.9. The molecule has 8 nitrogen and oxygen atoms in total. The van der Waals surface area contributed by atoms with E-state index in [1.165, 1.54) is 51.2 Å². The highest BCUT2D eigenvalue weighted by Gasteiger charge is 2.18. The standard InChI is InChI=1S/C23H41N3O5/c1-4-5-6-7-8-9-10-11-12-13-22(27)26(15-17-30-3)18-21-25-20(19-31-21)23(28)24-14-16-29-2/h19H,4-18H2,1-3H3,(H,24,28). The average molecular weight is 440 g/mol. The van der Waals surface area contributed by atoms with Gasteiger partial charge in [0.25, 0.3) is 5.91 Å². The van der Waals surface area contributed by atoms with E-state index in [9.17, 15) is 9.59 Å². The Bertz CT molecular complexity index is 606. The molecule has 0 aliphatic rings. The van der Waals surface area contributed by atoms with Crippen molar-refractivity contribution in [2.45, 2.75) is 77.7 Å². The number of amides is 2. The lowest BCUT2D eigenvalue weighted by molar-refractivity contribution is -0.132. The van der Waals surface area contributed by atoms with Crippen LogP contribution in [0.2, 0.25) is 0 Å². The number of nitrogens with one attached hydrogen (secondary N) is 1. The summed E-state index contributed by atoms with van der Waals surface area (Å²) in [6.07, 6.45) is 12.8. The van der Waals surface area contributed by atoms with Gasteiger partial charge in [-0.15, -0.1) is 0 Å². The van der Waals surface area contributed by atoms with Gasteiger partial charge < -0.3 is 24.1 Å². The largest absolute Gasteiger partial charge is 0.446 e. The summed E-state index contributed by atoms with van der Waals surface area (Å²) in [6, 6.07) is 0. The van der Waals surface area contributed by atoms with Crippen LogP contribution in [0.5, 0.6) is 0 Å². The Morgan fingerprint density at radius 3 is 2.29 bits per heavy atom. The van der Waals surface area contributed by atoms with Crippen LogP contribution in [-0.4, -0.2) is 62.2 Å². The topological polar surface area (TPSA) is 93.9 Å². The summed E-state index contributed by atoms with van der Waals surface area (Å²) in [4.78, 5) is 30.6. The Kier molecular flexibility index (Phi) is 15.5. The zero-order chi connectivity index (χ0) is 22.7. The zero-order valence-corrected chi connectivity index (χ0v) is 19.6. The van der Waals surface area contributed by atoms with Crippen molar-refractivity contribution >= 4 is 11.8 Å². The minimum absolute atomic E-state index is 0.0595. The van der Waals surface area contributed by atoms with E-state index in [4.69, 9.17) is 13.9 Å². The fourth-order valence-corrected chi connectivity index (χ4v) is 3.25. The summed E-state index contributed by atoms with van der Waals surface area (Å²) in [5.41, 5.74) is 0.198. The summed E-state index contributed by atoms with van der Waals surface area (Å²) >= 11 is 0. The number of oxazole rings is 1. The first-order valence-electron chi connectivity index (χ1n) is 11.6. The molecular formula is C23H41N3O5. The molecule has 0 spiro atoms. The molecule has 1 N–H and O–H groups in total. The van der Waals surface area contributed by atoms with Crippen LogP contribution in [0.1, 0.15) is 87.5 Å². The van der Waals surface area contributed by atoms with Crippen LogP contribution < -0.4 is 5.32 Å². The molecule has 31 heavy (non-hydrogen) atoms. The van der Waals surface area contributed by atoms with Gasteiger partial charge in [-0.05, 0) is 6.42 Å². The molecule has 8 heteroatoms. The van der Waals surface area contributed by atoms with E-state index < -0.39 is 0 Å². The number of aromatic nitrogens is 1. The lowest BCUT2D eigenvalue weighted by Crippen LogP contribution is -2.33. The predicted octanol–water partition coefficient (Wildman–Crippen LogP) is 3.95. The number of carbonyl (C=O) groups is 2. The number of hydrogen-bond acceptors (Lipinski definition) is 6. The van der Waals surface area contributed by atoms with Gasteiger partial charge in [0, 0.05) is 33.7 Å². The van der Waals surface area contributed by atoms with Gasteiger partial charge in [0.2, 0.25) is 11.8 Å². The highest BCUT2D eigenvalue weighted by Crippen LogP contribution is 2.13. The van der Waals surface area contributed by atoms with Crippen molar-refractivity contribution in [2.75, 3.05) is 40.5 Å². The first-order valence-corrected chi connectivity index (χ1v) is 11.6. The summed E-state index contributed by atoms with van der Waals surface area (Å²) < 4.78 is 15.5. The van der Waals surface area contributed by atoms with E-state index in [-0.39, 0.29) is 24.1 Å². The van der Waals surface area contributed by atoms with Crippen LogP contribution in [0, 0.1) is 0 Å². The van der Waals surface area contributed by atoms with Crippen molar-refractivity contribution < 1.29 is 23.5 Å². The molecule has 1 rings (SSSR count). The maximum Gasteiger partial charge on any atom is 0.273 e. The van der Waals surface area contributed by atoms with Gasteiger partial charge in [0.05, 0.1) is 19.8 Å². The quantitative estimate of drug-likeness (QED) is 0.328. The first-order chi connectivity index (χ1) is 15.1. The molecule has 0 aliphatic carbocycles. The minimum atomic E-state index is -0.323. The Balaban J connectivity index is 2.39. The highest BCUT2D eigenvalue weighted by atomic mass is 16.5. The third kappa shape index (κ3) is 12.5. The van der Waals surface area contributed by atoms with Gasteiger partial charge in [0.1, 0.15) is 6.26 Å². The van der Waals surface area contributed by atoms with E-state index in [2.05, 4.69) is 17.2 Å². The summed E-state index contributed by atoms with van der Waals surface area (Å²) in [5.74, 6) is 0.0780. The van der Waals surface area contributed by atoms with Crippen LogP contribution >= 0.6 is 0 Å². The number of unbranched alkanes of at least 4 members (excludes halogenated alkanes) is 8. The van der Waals surface area contributed by atoms with Crippen molar-refractivity contribution in [1.29, 1.82) is 0 Å². The lowest BCUT2D eigenvalue weighted by atomic mass is 10.1. The Morgan fingerprint density at radius 1 is 1.00 bits per heavy atom. The van der Waals surface area contributed by atoms with E-state index in [1.54, 1.807) is 19.1 Å². The van der Waals surface area contributed by atoms with Gasteiger partial charge in [0.15, 0.2) is 5.69 Å². The minimum Gasteiger partial charge on any atom is -0.446 e. The van der Waals surface area contributed by atoms with Crippen molar-refractivity contribution in [3.63, 3.8) is 0 Å². The van der Waals surface area contributed by atoms with Crippen LogP contribution in [0.25, 0.3) is 0 Å². The van der Waals surface area contributed by atoms with Gasteiger partial charge in [-0.25, -0.2) is 4.98 Å². The van der Waals surface area contributed by atoms with Crippen LogP contribution in [0.4, 0.5) is 0 Å². The first kappa shape index (κ1) is 27.1. The molecule has 0 atom stereocenters. The number of methoxy groups -OCH3 is 2. The lowest BCUT2D eigenvalue weighted by Gasteiger charge is -2.20. The summed E-state index contributed by atoms with van der Waals surface area (Å²) in [7, 11) is 3.18. The molecule has 0 radical (unpaired) electrons. The fourth-order valence-electron chi connectivity index (χ4n) is 3.25. The molecule has 0 aliphatic heterocycles. The Morgan fingerprint density at radius 2 is 1.65 bits per heavy atom. The number of ether oxygens (including phenoxy) is 2. The van der Waals surface area contributed by atoms with Gasteiger partial charge >= 0.3 is 0 Å². The molecule has 2 amide bonds. The van der Waals surface area contributed by atoms with E-state index in [0.29, 0.717) is 38.6 Å². The monoisotopic (exact) mass is 439 g/mol. The predicted molar refractivity (Wildman–Crippen MR) is 120 cm³/mol. The molecule has 1 aromatic heterocycles. The second kappa shape index (κ2) is 17.7. The van der Waals surface area contributed by atoms with Crippen molar-refractivity contribution in [3.8, 4) is 0 Å². The molecule has 0 saturated carbocycles. The second-order valence-corrected chi connectivity index (χ2v) is 7.76. The summed E-state index contributed by atoms with van der Waals surface area (Å²) in [6.45, 7) is 4.18. The van der Waals surface area contributed by atoms with E-state index >= 15 is 0 Å². The zero-order valence-electron chi connectivity index (χ0n) is 19.6. The molecule has 0 aromatic carbocycles. The van der Waals surface area contributed by atoms with Gasteiger partial charge in [-0.1, -0.05) is 58.3 Å². The molecule has 0 unspecified atom stereocenters. The molecule has 0 fully saturated rings. The third-order valence-corrected chi connectivity index (χ3v) is 5.11. The fraction of sp³-hybridized carbons (Fsp3) is 0.783. The molecular weight excluding hydrogens is 398 g/mol. The third-order valence-electron chi connectivity index (χ3n) is 5.11. The highest BCUT2D eigenvalue weighted by molar-refractivity contribution is 5.91. The molecule has 0 saturated heterocycles. The Labute approximate surface area is 187 Å². The molecule has 178 valence electrons. The van der Waals surface area contributed by atoms with E-state index in [0.717, 1.165) is 12.8 Å². The molecule has 1 aromatic rings. The van der Waals surface area contributed by atoms with Gasteiger partial charge in [-0.3, -0.25) is 9.59 Å². The Hall–Kier alpha value is -1.93. The van der Waals surface area contributed by atoms with Crippen LogP contribution in [-0.2, 0) is 20.8 Å². The summed E-state index contributed by atoms with van der Waals surface area (Å²) in [5, 5.41) is 2.70. The van der Waals surface area contributed by atoms with Crippen molar-refractivity contribution in [2.24, 2.45) is 0 Å². The number of carbonyl (C=O) groups excluding carboxylic acids is 2. The van der Waals surface area contributed by atoms with Crippen molar-refractivity contribution in [3.05, 3.63) is 17.8 Å². The van der Waals surface area contributed by atoms with Crippen LogP contribution in [0.3, 0.4) is 0 Å². The SMILES string of the molecule is CCCCCCCCCCCC(=O)N(CCOC)Cc1nc(C(=O)NCCOC)co1. The molecule has 1 heterocycles. The average Bonchev–Trinajstić information content (AvgIpc) is 3.24. The second-order valence-electron chi connectivity index (χ2n) is 7.76. The number of nitrogens with zero attached hydrogens (tertiary/aromatic N) is 2. The van der Waals surface area contributed by atoms with Gasteiger partial charge in [-0.2, -0.15) is 0 Å². The maximum absolute atomic E-state index is 12.7. The van der Waals surface area contributed by atoms with E-state index in [1.807, 2.05) is 0 Å². The maximum atomic E-state index is 12.7. The van der Waals surface area contributed by atoms with Crippen LogP contribution in [0.15, 0.2) is 10.7 Å². The number of rotatable bonds is 19. The number of hydrogen-bond donors (Lipinski definition) is 1.